The molecule has 1 heterocycles. The van der Waals surface area contributed by atoms with Crippen molar-refractivity contribution >= 4 is 11.5 Å². The lowest BCUT2D eigenvalue weighted by atomic mass is 9.75. The highest BCUT2D eigenvalue weighted by Crippen LogP contribution is 2.37. The minimum Gasteiger partial charge on any atom is -0.300 e. The summed E-state index contributed by atoms with van der Waals surface area (Å²) in [6, 6.07) is 8.93. The van der Waals surface area contributed by atoms with Crippen LogP contribution < -0.4 is 0 Å². The Bertz CT molecular complexity index is 947. The molecule has 2 aliphatic carbocycles. The van der Waals surface area contributed by atoms with Crippen LogP contribution in [0.25, 0.3) is 0 Å². The Morgan fingerprint density at radius 3 is 2.79 bits per heavy atom. The van der Waals surface area contributed by atoms with Crippen molar-refractivity contribution in [1.29, 1.82) is 0 Å². The average molecular weight is 450 g/mol. The van der Waals surface area contributed by atoms with E-state index in [9.17, 15) is 4.79 Å². The van der Waals surface area contributed by atoms with Crippen molar-refractivity contribution in [2.24, 2.45) is 16.8 Å². The van der Waals surface area contributed by atoms with E-state index >= 15 is 0 Å². The topological polar surface area (TPSA) is 29.4 Å². The molecule has 2 nitrogen and oxygen atoms in total. The van der Waals surface area contributed by atoms with Gasteiger partial charge >= 0.3 is 0 Å². The number of ketones is 1. The van der Waals surface area contributed by atoms with Crippen LogP contribution in [0.3, 0.4) is 0 Å². The van der Waals surface area contributed by atoms with Gasteiger partial charge in [-0.2, -0.15) is 0 Å². The van der Waals surface area contributed by atoms with E-state index in [4.69, 9.17) is 4.99 Å². The number of rotatable bonds is 11. The smallest absolute Gasteiger partial charge is 0.133 e. The summed E-state index contributed by atoms with van der Waals surface area (Å²) < 4.78 is 0. The number of allylic oxidation sites excluding steroid dienone is 5. The van der Waals surface area contributed by atoms with E-state index in [2.05, 4.69) is 49.4 Å². The van der Waals surface area contributed by atoms with E-state index in [1.807, 2.05) is 6.20 Å². The first-order chi connectivity index (χ1) is 16.2. The van der Waals surface area contributed by atoms with E-state index in [-0.39, 0.29) is 4.28 Å². The normalized spacial score (nSPS) is 22.3. The van der Waals surface area contributed by atoms with Gasteiger partial charge in [0.25, 0.3) is 0 Å². The summed E-state index contributed by atoms with van der Waals surface area (Å²) in [6.07, 6.45) is 24.3. The van der Waals surface area contributed by atoms with Crippen LogP contribution in [-0.2, 0) is 17.6 Å². The standard InChI is InChI=1S/C31H41NO.3H2/c1-2-3-4-5-10-24-11-6-12-25(21-24)18-19-29(33)23-26-13-7-15-28(22-26)31-30-17-8-14-27(30)16-9-20-32-31;;;/h6,8-9,11-12,17,20-21,26,28H,2-5,7,10,13-16,18-19,22-23H2,1H3;3*1H. The van der Waals surface area contributed by atoms with E-state index in [1.54, 1.807) is 0 Å². The van der Waals surface area contributed by atoms with Gasteiger partial charge in [0.05, 0.1) is 5.71 Å². The molecule has 0 N–H and O–H groups in total. The highest BCUT2D eigenvalue weighted by atomic mass is 16.1. The fourth-order valence-electron chi connectivity index (χ4n) is 5.86. The number of nitrogens with zero attached hydrogens (tertiary/aromatic N) is 1. The molecule has 3 aliphatic rings. The summed E-state index contributed by atoms with van der Waals surface area (Å²) in [6.45, 7) is 2.26. The minimum atomic E-state index is 0. The molecule has 4 rings (SSSR count). The van der Waals surface area contributed by atoms with Gasteiger partial charge in [-0.15, -0.1) is 0 Å². The molecule has 0 aromatic heterocycles. The van der Waals surface area contributed by atoms with Crippen molar-refractivity contribution < 1.29 is 9.07 Å². The molecular formula is C31H47NO. The summed E-state index contributed by atoms with van der Waals surface area (Å²) in [5.41, 5.74) is 6.96. The molecule has 0 spiro atoms. The lowest BCUT2D eigenvalue weighted by Crippen LogP contribution is -2.25. The van der Waals surface area contributed by atoms with Crippen LogP contribution in [0.5, 0.6) is 0 Å². The highest BCUT2D eigenvalue weighted by Gasteiger charge is 2.30. The monoisotopic (exact) mass is 449 g/mol. The van der Waals surface area contributed by atoms with Crippen molar-refractivity contribution in [3.63, 3.8) is 0 Å². The molecule has 2 unspecified atom stereocenters. The Morgan fingerprint density at radius 2 is 1.91 bits per heavy atom. The van der Waals surface area contributed by atoms with Crippen molar-refractivity contribution in [1.82, 2.24) is 0 Å². The Labute approximate surface area is 205 Å². The second-order valence-corrected chi connectivity index (χ2v) is 10.3. The van der Waals surface area contributed by atoms with Crippen LogP contribution in [0.1, 0.15) is 99.4 Å². The molecule has 2 heteroatoms. The largest absolute Gasteiger partial charge is 0.300 e. The van der Waals surface area contributed by atoms with Crippen LogP contribution in [-0.4, -0.2) is 11.5 Å². The zero-order chi connectivity index (χ0) is 22.9. The van der Waals surface area contributed by atoms with Crippen molar-refractivity contribution in [3.8, 4) is 0 Å². The van der Waals surface area contributed by atoms with Gasteiger partial charge < -0.3 is 0 Å². The Balaban J connectivity index is 0.00000216. The van der Waals surface area contributed by atoms with Crippen molar-refractivity contribution in [2.45, 2.75) is 96.8 Å². The molecule has 2 atom stereocenters. The zero-order valence-electron chi connectivity index (χ0n) is 20.5. The van der Waals surface area contributed by atoms with Gasteiger partial charge in [0.2, 0.25) is 0 Å². The molecule has 0 amide bonds. The van der Waals surface area contributed by atoms with Gasteiger partial charge in [-0.05, 0) is 74.0 Å². The van der Waals surface area contributed by atoms with Gasteiger partial charge in [0.15, 0.2) is 0 Å². The first kappa shape index (κ1) is 23.9. The number of unbranched alkanes of at least 4 members (excludes halogenated alkanes) is 3. The summed E-state index contributed by atoms with van der Waals surface area (Å²) in [5.74, 6) is 1.47. The lowest BCUT2D eigenvalue weighted by Gasteiger charge is -2.30. The number of hydrogen-bond donors (Lipinski definition) is 0. The van der Waals surface area contributed by atoms with Crippen LogP contribution in [0.4, 0.5) is 0 Å². The minimum absolute atomic E-state index is 0. The van der Waals surface area contributed by atoms with Crippen LogP contribution in [0, 0.1) is 11.8 Å². The first-order valence-electron chi connectivity index (χ1n) is 13.4. The molecule has 0 radical (unpaired) electrons. The van der Waals surface area contributed by atoms with E-state index < -0.39 is 0 Å². The van der Waals surface area contributed by atoms with Crippen LogP contribution >= 0.6 is 0 Å². The Kier molecular flexibility index (Phi) is 8.92. The number of benzene rings is 1. The number of carbonyl (C=O) groups excluding carboxylic acids is 1. The summed E-state index contributed by atoms with van der Waals surface area (Å²) in [4.78, 5) is 17.7. The zero-order valence-corrected chi connectivity index (χ0v) is 20.5. The fraction of sp³-hybridized carbons (Fsp3) is 0.548. The number of carbonyl (C=O) groups is 1. The van der Waals surface area contributed by atoms with Gasteiger partial charge in [-0.3, -0.25) is 9.79 Å². The maximum absolute atomic E-state index is 12.9. The predicted octanol–water partition coefficient (Wildman–Crippen LogP) is 8.86. The van der Waals surface area contributed by atoms with Crippen LogP contribution in [0.15, 0.2) is 64.8 Å². The van der Waals surface area contributed by atoms with Gasteiger partial charge in [0.1, 0.15) is 5.78 Å². The molecule has 0 bridgehead atoms. The van der Waals surface area contributed by atoms with E-state index in [0.717, 1.165) is 38.5 Å². The Morgan fingerprint density at radius 1 is 1.06 bits per heavy atom. The molecule has 33 heavy (non-hydrogen) atoms. The summed E-state index contributed by atoms with van der Waals surface area (Å²) in [5, 5.41) is 0. The predicted molar refractivity (Wildman–Crippen MR) is 146 cm³/mol. The molecule has 0 saturated heterocycles. The third-order valence-electron chi connectivity index (χ3n) is 7.68. The molecule has 1 aromatic rings. The Hall–Kier alpha value is -2.22. The van der Waals surface area contributed by atoms with Gasteiger partial charge in [0, 0.05) is 29.2 Å². The second-order valence-electron chi connectivity index (χ2n) is 10.3. The first-order valence-corrected chi connectivity index (χ1v) is 13.4. The van der Waals surface area contributed by atoms with E-state index in [1.165, 1.54) is 72.9 Å². The third-order valence-corrected chi connectivity index (χ3v) is 7.68. The lowest BCUT2D eigenvalue weighted by molar-refractivity contribution is -0.120. The fourth-order valence-corrected chi connectivity index (χ4v) is 5.86. The molecule has 1 aliphatic heterocycles. The van der Waals surface area contributed by atoms with Crippen molar-refractivity contribution in [3.05, 3.63) is 71.0 Å². The highest BCUT2D eigenvalue weighted by molar-refractivity contribution is 6.06. The molecule has 182 valence electrons. The molecule has 1 saturated carbocycles. The number of hydrogen-bond acceptors (Lipinski definition) is 2. The maximum atomic E-state index is 12.9. The molecular weight excluding hydrogens is 402 g/mol. The maximum Gasteiger partial charge on any atom is 0.133 e. The quantitative estimate of drug-likeness (QED) is 0.310. The third kappa shape index (κ3) is 6.88. The average Bonchev–Trinajstić information content (AvgIpc) is 3.20. The SMILES string of the molecule is CCCCCCc1cccc(CCC(=O)CC2CCCC(C3=NC=CCC4=C3C=CC4)C2)c1.[HH].[HH].[HH]. The number of aryl methyl sites for hydroxylation is 2. The van der Waals surface area contributed by atoms with Crippen molar-refractivity contribution in [2.75, 3.05) is 0 Å². The molecule has 1 fully saturated rings. The van der Waals surface area contributed by atoms with Gasteiger partial charge in [-0.1, -0.05) is 80.7 Å². The van der Waals surface area contributed by atoms with Crippen LogP contribution in [0.2, 0.25) is 0 Å². The number of aliphatic imine (C=N–C) groups is 1. The second kappa shape index (κ2) is 12.3. The van der Waals surface area contributed by atoms with Gasteiger partial charge in [-0.25, -0.2) is 0 Å². The number of Topliss-reactive ketones (excluding diaryl/α,β-unsaturated/α-hetero) is 1. The summed E-state index contributed by atoms with van der Waals surface area (Å²) in [7, 11) is 0. The van der Waals surface area contributed by atoms with E-state index in [0.29, 0.717) is 24.0 Å². The summed E-state index contributed by atoms with van der Waals surface area (Å²) >= 11 is 0. The molecule has 1 aromatic carbocycles.